The van der Waals surface area contributed by atoms with E-state index >= 15 is 0 Å². The number of hydrogen-bond donors (Lipinski definition) is 0. The molecular formula is C56H36N2Si. The molecular weight excluding hydrogens is 729 g/mol. The molecule has 0 amide bonds. The molecule has 2 heterocycles. The van der Waals surface area contributed by atoms with Gasteiger partial charge in [0, 0.05) is 32.9 Å². The Bertz CT molecular complexity index is 3380. The third kappa shape index (κ3) is 4.45. The van der Waals surface area contributed by atoms with E-state index in [0.29, 0.717) is 0 Å². The van der Waals surface area contributed by atoms with E-state index < -0.39 is 8.07 Å². The highest BCUT2D eigenvalue weighted by Gasteiger charge is 2.42. The normalized spacial score (nSPS) is 12.4. The van der Waals surface area contributed by atoms with Crippen LogP contribution in [-0.4, -0.2) is 17.2 Å². The maximum atomic E-state index is 2.46. The molecule has 59 heavy (non-hydrogen) atoms. The summed E-state index contributed by atoms with van der Waals surface area (Å²) in [7, 11) is -2.95. The predicted molar refractivity (Wildman–Crippen MR) is 254 cm³/mol. The Morgan fingerprint density at radius 3 is 1.07 bits per heavy atom. The second kappa shape index (κ2) is 12.3. The van der Waals surface area contributed by atoms with E-state index in [1.807, 2.05) is 0 Å². The third-order valence-corrected chi connectivity index (χ3v) is 18.0. The Morgan fingerprint density at radius 1 is 0.254 bits per heavy atom. The Hall–Kier alpha value is -7.46. The van der Waals surface area contributed by atoms with Crippen molar-refractivity contribution < 1.29 is 0 Å². The fourth-order valence-electron chi connectivity index (χ4n) is 10.7. The van der Waals surface area contributed by atoms with Crippen LogP contribution in [0.1, 0.15) is 0 Å². The molecule has 0 aliphatic carbocycles. The van der Waals surface area contributed by atoms with Gasteiger partial charge in [0.2, 0.25) is 0 Å². The minimum absolute atomic E-state index is 1.17. The molecule has 13 aromatic rings. The summed E-state index contributed by atoms with van der Waals surface area (Å²) in [5.74, 6) is 0. The molecule has 0 atom stereocenters. The van der Waals surface area contributed by atoms with Gasteiger partial charge in [-0.25, -0.2) is 0 Å². The lowest BCUT2D eigenvalue weighted by atomic mass is 10.0. The van der Waals surface area contributed by atoms with Gasteiger partial charge in [-0.1, -0.05) is 170 Å². The molecule has 0 fully saturated rings. The summed E-state index contributed by atoms with van der Waals surface area (Å²) in [6.07, 6.45) is 0. The molecule has 0 unspecified atom stereocenters. The summed E-state index contributed by atoms with van der Waals surface area (Å²) in [6.45, 7) is 0. The summed E-state index contributed by atoms with van der Waals surface area (Å²) >= 11 is 0. The summed E-state index contributed by atoms with van der Waals surface area (Å²) in [5, 5.41) is 18.5. The molecule has 0 bridgehead atoms. The van der Waals surface area contributed by atoms with Crippen molar-refractivity contribution in [2.24, 2.45) is 0 Å². The molecule has 13 rings (SSSR count). The van der Waals surface area contributed by atoms with Gasteiger partial charge >= 0.3 is 0 Å². The minimum Gasteiger partial charge on any atom is -0.309 e. The number of hydrogen-bond acceptors (Lipinski definition) is 0. The van der Waals surface area contributed by atoms with Gasteiger partial charge in [-0.15, -0.1) is 0 Å². The van der Waals surface area contributed by atoms with Crippen LogP contribution in [0.2, 0.25) is 0 Å². The third-order valence-electron chi connectivity index (χ3n) is 13.2. The summed E-state index contributed by atoms with van der Waals surface area (Å²) in [4.78, 5) is 0. The van der Waals surface area contributed by atoms with Crippen LogP contribution in [0.15, 0.2) is 218 Å². The highest BCUT2D eigenvalue weighted by Crippen LogP contribution is 2.40. The van der Waals surface area contributed by atoms with E-state index in [1.54, 1.807) is 0 Å². The van der Waals surface area contributed by atoms with Gasteiger partial charge in [0.15, 0.2) is 8.07 Å². The average Bonchev–Trinajstić information content (AvgIpc) is 3.84. The molecule has 3 heteroatoms. The molecule has 0 aliphatic rings. The first-order valence-corrected chi connectivity index (χ1v) is 22.5. The first-order valence-electron chi connectivity index (χ1n) is 20.5. The molecule has 0 spiro atoms. The molecule has 0 radical (unpaired) electrons. The van der Waals surface area contributed by atoms with Gasteiger partial charge in [0.05, 0.1) is 22.1 Å². The number of benzene rings is 11. The van der Waals surface area contributed by atoms with Crippen molar-refractivity contribution in [1.29, 1.82) is 0 Å². The SMILES string of the molecule is c1ccc([Si](c2ccc(-n3c4cccc5ccc6cccc3c6c54)cc2)(c2ccc(-n3c4cccc5ccc6cccc3c6c54)cc2)c2cccc3ccccc23)cc1. The van der Waals surface area contributed by atoms with E-state index in [9.17, 15) is 0 Å². The van der Waals surface area contributed by atoms with Gasteiger partial charge < -0.3 is 9.13 Å². The number of aromatic nitrogens is 2. The Kier molecular flexibility index (Phi) is 6.78. The zero-order chi connectivity index (χ0) is 38.7. The zero-order valence-corrected chi connectivity index (χ0v) is 33.2. The van der Waals surface area contributed by atoms with Crippen molar-refractivity contribution >= 4 is 105 Å². The summed E-state index contributed by atoms with van der Waals surface area (Å²) in [5.41, 5.74) is 7.32. The van der Waals surface area contributed by atoms with E-state index in [0.717, 1.165) is 0 Å². The second-order valence-corrected chi connectivity index (χ2v) is 19.8. The quantitative estimate of drug-likeness (QED) is 0.0907. The van der Waals surface area contributed by atoms with Crippen LogP contribution in [0.3, 0.4) is 0 Å². The molecule has 0 saturated heterocycles. The lowest BCUT2D eigenvalue weighted by molar-refractivity contribution is 1.18. The topological polar surface area (TPSA) is 9.86 Å². The van der Waals surface area contributed by atoms with Gasteiger partial charge in [-0.05, 0) is 102 Å². The Balaban J connectivity index is 1.07. The number of fused-ring (bicyclic) bond motifs is 1. The fraction of sp³-hybridized carbons (Fsp3) is 0. The maximum Gasteiger partial charge on any atom is 0.180 e. The van der Waals surface area contributed by atoms with Crippen LogP contribution in [0.25, 0.3) is 87.3 Å². The van der Waals surface area contributed by atoms with Crippen molar-refractivity contribution in [3.63, 3.8) is 0 Å². The van der Waals surface area contributed by atoms with Crippen molar-refractivity contribution in [3.8, 4) is 11.4 Å². The Morgan fingerprint density at radius 2 is 0.610 bits per heavy atom. The van der Waals surface area contributed by atoms with Crippen LogP contribution in [0.5, 0.6) is 0 Å². The first kappa shape index (κ1) is 32.6. The van der Waals surface area contributed by atoms with Crippen LogP contribution in [0.4, 0.5) is 0 Å². The van der Waals surface area contributed by atoms with E-state index in [4.69, 9.17) is 0 Å². The van der Waals surface area contributed by atoms with E-state index in [1.165, 1.54) is 108 Å². The lowest BCUT2D eigenvalue weighted by Crippen LogP contribution is -2.74. The smallest absolute Gasteiger partial charge is 0.180 e. The average molecular weight is 765 g/mol. The summed E-state index contributed by atoms with van der Waals surface area (Å²) < 4.78 is 4.92. The molecule has 0 N–H and O–H groups in total. The van der Waals surface area contributed by atoms with Crippen molar-refractivity contribution in [1.82, 2.24) is 9.13 Å². The number of rotatable bonds is 6. The zero-order valence-electron chi connectivity index (χ0n) is 32.2. The fourth-order valence-corrected chi connectivity index (χ4v) is 15.7. The maximum absolute atomic E-state index is 2.95. The monoisotopic (exact) mass is 764 g/mol. The van der Waals surface area contributed by atoms with Crippen molar-refractivity contribution in [2.75, 3.05) is 0 Å². The molecule has 2 aromatic heterocycles. The second-order valence-electron chi connectivity index (χ2n) is 16.0. The summed E-state index contributed by atoms with van der Waals surface area (Å²) in [6, 6.07) is 82.2. The van der Waals surface area contributed by atoms with Gasteiger partial charge in [0.1, 0.15) is 0 Å². The van der Waals surface area contributed by atoms with Gasteiger partial charge in [0.25, 0.3) is 0 Å². The molecule has 2 nitrogen and oxygen atoms in total. The van der Waals surface area contributed by atoms with Gasteiger partial charge in [-0.2, -0.15) is 0 Å². The molecule has 11 aromatic carbocycles. The van der Waals surface area contributed by atoms with Crippen molar-refractivity contribution in [3.05, 3.63) is 218 Å². The molecule has 0 aliphatic heterocycles. The standard InChI is InChI=1S/C56H36N2Si/c1-2-17-44(18-3-1)59(52-24-10-12-37-11-4-5-19-47(37)52,45-33-29-42(30-34-45)57-48-20-6-13-38-25-26-39-14-7-21-49(57)54(39)53(38)48)46-35-31-43(32-36-46)58-50-22-8-15-40-27-28-41-16-9-23-51(58)56(41)55(40)50/h1-36H. The van der Waals surface area contributed by atoms with Crippen LogP contribution in [-0.2, 0) is 0 Å². The van der Waals surface area contributed by atoms with Crippen molar-refractivity contribution in [2.45, 2.75) is 0 Å². The van der Waals surface area contributed by atoms with Crippen LogP contribution in [0, 0.1) is 0 Å². The molecule has 0 saturated carbocycles. The Labute approximate surface area is 342 Å². The largest absolute Gasteiger partial charge is 0.309 e. The van der Waals surface area contributed by atoms with Crippen LogP contribution >= 0.6 is 0 Å². The lowest BCUT2D eigenvalue weighted by Gasteiger charge is -2.35. The minimum atomic E-state index is -2.95. The van der Waals surface area contributed by atoms with E-state index in [-0.39, 0.29) is 0 Å². The van der Waals surface area contributed by atoms with E-state index in [2.05, 4.69) is 228 Å². The van der Waals surface area contributed by atoms with Crippen LogP contribution < -0.4 is 20.7 Å². The molecule has 274 valence electrons. The predicted octanol–water partition coefficient (Wildman–Crippen LogP) is 11.6. The van der Waals surface area contributed by atoms with Gasteiger partial charge in [-0.3, -0.25) is 0 Å². The highest BCUT2D eigenvalue weighted by atomic mass is 28.3. The highest BCUT2D eigenvalue weighted by molar-refractivity contribution is 7.20. The first-order chi connectivity index (χ1) is 29.3. The number of nitrogens with zero attached hydrogens (tertiary/aromatic N) is 2.